The fraction of sp³-hybridized carbons (Fsp3) is 0.182. The Morgan fingerprint density at radius 3 is 2.89 bits per heavy atom. The van der Waals surface area contributed by atoms with Gasteiger partial charge in [-0.15, -0.1) is 0 Å². The van der Waals surface area contributed by atoms with Crippen LogP contribution in [0.4, 0.5) is 5.69 Å². The number of nitrogens with zero attached hydrogens (tertiary/aromatic N) is 2. The van der Waals surface area contributed by atoms with E-state index in [0.29, 0.717) is 22.0 Å². The minimum atomic E-state index is -0.411. The van der Waals surface area contributed by atoms with Crippen LogP contribution in [0.1, 0.15) is 16.2 Å². The first-order chi connectivity index (χ1) is 8.61. The molecule has 0 bridgehead atoms. The smallest absolute Gasteiger partial charge is 0.339 e. The Balaban J connectivity index is 2.39. The summed E-state index contributed by atoms with van der Waals surface area (Å²) in [6.45, 7) is 1.82. The Labute approximate surface area is 113 Å². The Morgan fingerprint density at radius 1 is 1.50 bits per heavy atom. The molecule has 0 aliphatic rings. The van der Waals surface area contributed by atoms with Crippen LogP contribution in [0.3, 0.4) is 0 Å². The first-order valence-corrected chi connectivity index (χ1v) is 6.65. The highest BCUT2D eigenvalue weighted by molar-refractivity contribution is 8.01. The van der Waals surface area contributed by atoms with Gasteiger partial charge in [0.25, 0.3) is 0 Å². The van der Waals surface area contributed by atoms with Gasteiger partial charge in [0.2, 0.25) is 0 Å². The van der Waals surface area contributed by atoms with Crippen LogP contribution in [0.5, 0.6) is 0 Å². The minimum absolute atomic E-state index is 0.411. The van der Waals surface area contributed by atoms with Crippen molar-refractivity contribution in [2.75, 3.05) is 12.8 Å². The van der Waals surface area contributed by atoms with E-state index in [0.717, 1.165) is 4.34 Å². The highest BCUT2D eigenvalue weighted by Gasteiger charge is 2.16. The Hall–Kier alpha value is -1.60. The molecular formula is C11H11N3O2S2. The molecule has 2 N–H and O–H groups in total. The SMILES string of the molecule is COC(=O)c1cccc(N)c1Sc1nc(C)ns1. The van der Waals surface area contributed by atoms with Crippen LogP contribution in [0, 0.1) is 6.92 Å². The van der Waals surface area contributed by atoms with E-state index in [1.54, 1.807) is 18.2 Å². The van der Waals surface area contributed by atoms with Gasteiger partial charge in [-0.05, 0) is 30.6 Å². The maximum atomic E-state index is 11.7. The number of esters is 1. The number of aromatic nitrogens is 2. The van der Waals surface area contributed by atoms with Crippen molar-refractivity contribution in [2.24, 2.45) is 0 Å². The van der Waals surface area contributed by atoms with Gasteiger partial charge in [-0.1, -0.05) is 17.8 Å². The summed E-state index contributed by atoms with van der Waals surface area (Å²) in [6, 6.07) is 5.14. The lowest BCUT2D eigenvalue weighted by atomic mass is 10.2. The lowest BCUT2D eigenvalue weighted by molar-refractivity contribution is 0.0597. The summed E-state index contributed by atoms with van der Waals surface area (Å²) in [5.74, 6) is 0.294. The zero-order valence-corrected chi connectivity index (χ0v) is 11.5. The van der Waals surface area contributed by atoms with Crippen molar-refractivity contribution in [1.29, 1.82) is 0 Å². The van der Waals surface area contributed by atoms with Crippen LogP contribution in [0.2, 0.25) is 0 Å². The molecule has 1 aromatic carbocycles. The zero-order chi connectivity index (χ0) is 13.1. The Bertz CT molecular complexity index is 583. The molecule has 0 atom stereocenters. The van der Waals surface area contributed by atoms with Crippen molar-refractivity contribution < 1.29 is 9.53 Å². The quantitative estimate of drug-likeness (QED) is 0.687. The van der Waals surface area contributed by atoms with Gasteiger partial charge in [-0.3, -0.25) is 0 Å². The maximum Gasteiger partial charge on any atom is 0.339 e. The molecule has 5 nitrogen and oxygen atoms in total. The van der Waals surface area contributed by atoms with Gasteiger partial charge >= 0.3 is 5.97 Å². The molecule has 0 saturated heterocycles. The molecule has 0 spiro atoms. The molecule has 0 saturated carbocycles. The summed E-state index contributed by atoms with van der Waals surface area (Å²) < 4.78 is 9.57. The highest BCUT2D eigenvalue weighted by atomic mass is 32.2. The van der Waals surface area contributed by atoms with Gasteiger partial charge in [0.15, 0.2) is 4.34 Å². The second-order valence-electron chi connectivity index (χ2n) is 3.43. The van der Waals surface area contributed by atoms with E-state index in [9.17, 15) is 4.79 Å². The Morgan fingerprint density at radius 2 is 2.28 bits per heavy atom. The molecule has 1 aromatic heterocycles. The van der Waals surface area contributed by atoms with Crippen molar-refractivity contribution in [3.63, 3.8) is 0 Å². The largest absolute Gasteiger partial charge is 0.465 e. The first-order valence-electron chi connectivity index (χ1n) is 5.06. The number of hydrogen-bond donors (Lipinski definition) is 1. The summed E-state index contributed by atoms with van der Waals surface area (Å²) in [5, 5.41) is 0. The van der Waals surface area contributed by atoms with Crippen LogP contribution >= 0.6 is 23.3 Å². The van der Waals surface area contributed by atoms with E-state index in [1.807, 2.05) is 6.92 Å². The number of benzene rings is 1. The van der Waals surface area contributed by atoms with Crippen LogP contribution in [0.25, 0.3) is 0 Å². The molecule has 18 heavy (non-hydrogen) atoms. The third kappa shape index (κ3) is 2.62. The number of hydrogen-bond acceptors (Lipinski definition) is 7. The van der Waals surface area contributed by atoms with E-state index in [4.69, 9.17) is 10.5 Å². The standard InChI is InChI=1S/C11H11N3O2S2/c1-6-13-11(18-14-6)17-9-7(10(15)16-2)4-3-5-8(9)12/h3-5H,12H2,1-2H3. The van der Waals surface area contributed by atoms with Crippen LogP contribution in [-0.2, 0) is 4.74 Å². The van der Waals surface area contributed by atoms with E-state index in [2.05, 4.69) is 9.36 Å². The van der Waals surface area contributed by atoms with Gasteiger partial charge < -0.3 is 10.5 Å². The van der Waals surface area contributed by atoms with Crippen molar-refractivity contribution in [3.05, 3.63) is 29.6 Å². The average Bonchev–Trinajstić information content (AvgIpc) is 2.76. The van der Waals surface area contributed by atoms with Crippen molar-refractivity contribution >= 4 is 35.0 Å². The lowest BCUT2D eigenvalue weighted by Gasteiger charge is -2.08. The molecule has 0 aliphatic carbocycles. The number of ether oxygens (including phenoxy) is 1. The van der Waals surface area contributed by atoms with Crippen molar-refractivity contribution in [3.8, 4) is 0 Å². The number of methoxy groups -OCH3 is 1. The van der Waals surface area contributed by atoms with Gasteiger partial charge in [0.1, 0.15) is 5.82 Å². The Kier molecular flexibility index (Phi) is 3.83. The maximum absolute atomic E-state index is 11.7. The van der Waals surface area contributed by atoms with Crippen molar-refractivity contribution in [2.45, 2.75) is 16.2 Å². The third-order valence-electron chi connectivity index (χ3n) is 2.15. The zero-order valence-electron chi connectivity index (χ0n) is 9.84. The van der Waals surface area contributed by atoms with E-state index in [-0.39, 0.29) is 0 Å². The topological polar surface area (TPSA) is 78.1 Å². The number of anilines is 1. The van der Waals surface area contributed by atoms with Gasteiger partial charge in [0.05, 0.1) is 17.6 Å². The van der Waals surface area contributed by atoms with E-state index >= 15 is 0 Å². The number of carbonyl (C=O) groups excluding carboxylic acids is 1. The van der Waals surface area contributed by atoms with E-state index in [1.165, 1.54) is 30.4 Å². The predicted octanol–water partition coefficient (Wildman–Crippen LogP) is 2.37. The molecule has 0 fully saturated rings. The van der Waals surface area contributed by atoms with E-state index < -0.39 is 5.97 Å². The van der Waals surface area contributed by atoms with Gasteiger partial charge in [-0.25, -0.2) is 9.78 Å². The van der Waals surface area contributed by atoms with Crippen LogP contribution < -0.4 is 5.73 Å². The minimum Gasteiger partial charge on any atom is -0.465 e. The first kappa shape index (κ1) is 12.8. The predicted molar refractivity (Wildman–Crippen MR) is 71.0 cm³/mol. The van der Waals surface area contributed by atoms with Crippen molar-refractivity contribution in [1.82, 2.24) is 9.36 Å². The molecule has 7 heteroatoms. The molecule has 2 aromatic rings. The fourth-order valence-corrected chi connectivity index (χ4v) is 3.08. The molecule has 0 radical (unpaired) electrons. The third-order valence-corrected chi connectivity index (χ3v) is 4.15. The summed E-state index contributed by atoms with van der Waals surface area (Å²) in [5.41, 5.74) is 6.86. The molecule has 94 valence electrons. The molecule has 0 unspecified atom stereocenters. The van der Waals surface area contributed by atoms with Gasteiger partial charge in [-0.2, -0.15) is 4.37 Å². The molecule has 1 heterocycles. The second kappa shape index (κ2) is 5.36. The molecular weight excluding hydrogens is 270 g/mol. The summed E-state index contributed by atoms with van der Waals surface area (Å²) >= 11 is 2.60. The fourth-order valence-electron chi connectivity index (χ4n) is 1.35. The summed E-state index contributed by atoms with van der Waals surface area (Å²) in [4.78, 5) is 16.5. The molecule has 0 amide bonds. The lowest BCUT2D eigenvalue weighted by Crippen LogP contribution is -2.04. The number of aryl methyl sites for hydroxylation is 1. The number of nitrogens with two attached hydrogens (primary N) is 1. The number of carbonyl (C=O) groups is 1. The van der Waals surface area contributed by atoms with Crippen LogP contribution in [0.15, 0.2) is 27.4 Å². The number of nitrogen functional groups attached to an aromatic ring is 1. The van der Waals surface area contributed by atoms with Crippen LogP contribution in [-0.4, -0.2) is 22.4 Å². The second-order valence-corrected chi connectivity index (χ2v) is 5.43. The summed E-state index contributed by atoms with van der Waals surface area (Å²) in [7, 11) is 1.34. The normalized spacial score (nSPS) is 10.3. The van der Waals surface area contributed by atoms with Gasteiger partial charge in [0, 0.05) is 5.69 Å². The monoisotopic (exact) mass is 281 g/mol. The molecule has 0 aliphatic heterocycles. The average molecular weight is 281 g/mol. The molecule has 2 rings (SSSR count). The highest BCUT2D eigenvalue weighted by Crippen LogP contribution is 2.35. The number of rotatable bonds is 3. The summed E-state index contributed by atoms with van der Waals surface area (Å²) in [6.07, 6.45) is 0.